The molecule has 1 atom stereocenters. The lowest BCUT2D eigenvalue weighted by molar-refractivity contribution is 0.279. The van der Waals surface area contributed by atoms with Gasteiger partial charge in [0.15, 0.2) is 11.5 Å². The van der Waals surface area contributed by atoms with Gasteiger partial charge in [0.1, 0.15) is 0 Å². The van der Waals surface area contributed by atoms with Crippen LogP contribution in [-0.2, 0) is 12.8 Å². The lowest BCUT2D eigenvalue weighted by Crippen LogP contribution is -2.16. The molecule has 2 aliphatic rings. The normalized spacial score (nSPS) is 21.6. The second-order valence-corrected chi connectivity index (χ2v) is 5.67. The average Bonchev–Trinajstić information content (AvgIpc) is 2.61. The predicted octanol–water partition coefficient (Wildman–Crippen LogP) is 1.67. The number of aromatic hydroxyl groups is 1. The van der Waals surface area contributed by atoms with Crippen molar-refractivity contribution in [3.63, 3.8) is 0 Å². The molecule has 4 nitrogen and oxygen atoms in total. The highest BCUT2D eigenvalue weighted by atomic mass is 16.5. The first kappa shape index (κ1) is 12.6. The van der Waals surface area contributed by atoms with Crippen molar-refractivity contribution in [2.75, 3.05) is 31.6 Å². The van der Waals surface area contributed by atoms with E-state index in [-0.39, 0.29) is 0 Å². The minimum atomic E-state index is 0.303. The Morgan fingerprint density at radius 1 is 1.53 bits per heavy atom. The highest BCUT2D eigenvalue weighted by Crippen LogP contribution is 2.45. The lowest BCUT2D eigenvalue weighted by Gasteiger charge is -2.20. The molecule has 2 heterocycles. The zero-order valence-corrected chi connectivity index (χ0v) is 11.5. The van der Waals surface area contributed by atoms with E-state index in [1.54, 1.807) is 0 Å². The van der Waals surface area contributed by atoms with E-state index >= 15 is 0 Å². The summed E-state index contributed by atoms with van der Waals surface area (Å²) < 4.78 is 5.81. The molecule has 19 heavy (non-hydrogen) atoms. The number of phenols is 1. The minimum absolute atomic E-state index is 0.303. The van der Waals surface area contributed by atoms with Gasteiger partial charge in [-0.2, -0.15) is 0 Å². The molecule has 1 aromatic carbocycles. The third-order valence-electron chi connectivity index (χ3n) is 4.35. The molecule has 1 unspecified atom stereocenters. The second-order valence-electron chi connectivity index (χ2n) is 5.67. The fourth-order valence-corrected chi connectivity index (χ4v) is 3.37. The molecule has 0 fully saturated rings. The van der Waals surface area contributed by atoms with Gasteiger partial charge in [-0.1, -0.05) is 0 Å². The standard InChI is InChI=1S/C15H22N2O2/c1-17-6-3-11-9-13(18)15-12(14(11)17)8-10(2-5-16)4-7-19-15/h9-10,18H,2-8,16H2,1H3. The van der Waals surface area contributed by atoms with E-state index in [0.29, 0.717) is 24.0 Å². The smallest absolute Gasteiger partial charge is 0.166 e. The van der Waals surface area contributed by atoms with Gasteiger partial charge >= 0.3 is 0 Å². The van der Waals surface area contributed by atoms with Gasteiger partial charge in [0.05, 0.1) is 6.61 Å². The Bertz CT molecular complexity index is 488. The van der Waals surface area contributed by atoms with E-state index < -0.39 is 0 Å². The quantitative estimate of drug-likeness (QED) is 0.851. The Morgan fingerprint density at radius 2 is 2.37 bits per heavy atom. The van der Waals surface area contributed by atoms with Gasteiger partial charge in [-0.15, -0.1) is 0 Å². The van der Waals surface area contributed by atoms with E-state index in [1.165, 1.54) is 16.8 Å². The van der Waals surface area contributed by atoms with Crippen LogP contribution in [0.5, 0.6) is 11.5 Å². The Morgan fingerprint density at radius 3 is 3.16 bits per heavy atom. The number of nitrogens with zero attached hydrogens (tertiary/aromatic N) is 1. The van der Waals surface area contributed by atoms with E-state index in [0.717, 1.165) is 38.8 Å². The zero-order valence-electron chi connectivity index (χ0n) is 11.5. The number of anilines is 1. The molecule has 0 aliphatic carbocycles. The molecule has 0 saturated carbocycles. The van der Waals surface area contributed by atoms with Crippen LogP contribution in [-0.4, -0.2) is 31.9 Å². The van der Waals surface area contributed by atoms with Crippen LogP contribution in [0.15, 0.2) is 6.07 Å². The molecule has 1 aromatic rings. The van der Waals surface area contributed by atoms with Gasteiger partial charge < -0.3 is 20.5 Å². The molecule has 3 rings (SSSR count). The van der Waals surface area contributed by atoms with Crippen molar-refractivity contribution in [1.82, 2.24) is 0 Å². The first-order valence-electron chi connectivity index (χ1n) is 7.12. The summed E-state index contributed by atoms with van der Waals surface area (Å²) in [5.74, 6) is 1.57. The van der Waals surface area contributed by atoms with Crippen molar-refractivity contribution in [1.29, 1.82) is 0 Å². The zero-order chi connectivity index (χ0) is 13.4. The molecule has 0 spiro atoms. The molecule has 104 valence electrons. The number of likely N-dealkylation sites (N-methyl/N-ethyl adjacent to an activating group) is 1. The number of phenolic OH excluding ortho intramolecular Hbond substituents is 1. The van der Waals surface area contributed by atoms with Crippen LogP contribution in [0.1, 0.15) is 24.0 Å². The SMILES string of the molecule is CN1CCc2cc(O)c3c(c21)CC(CCN)CCO3. The number of rotatable bonds is 2. The van der Waals surface area contributed by atoms with E-state index in [9.17, 15) is 5.11 Å². The Hall–Kier alpha value is -1.42. The number of hydrogen-bond acceptors (Lipinski definition) is 4. The summed E-state index contributed by atoms with van der Waals surface area (Å²) in [6.45, 7) is 2.41. The van der Waals surface area contributed by atoms with Crippen LogP contribution in [0.2, 0.25) is 0 Å². The number of benzene rings is 1. The van der Waals surface area contributed by atoms with Crippen molar-refractivity contribution < 1.29 is 9.84 Å². The van der Waals surface area contributed by atoms with Gasteiger partial charge in [-0.25, -0.2) is 0 Å². The average molecular weight is 262 g/mol. The highest BCUT2D eigenvalue weighted by Gasteiger charge is 2.29. The highest BCUT2D eigenvalue weighted by molar-refractivity contribution is 5.71. The van der Waals surface area contributed by atoms with Gasteiger partial charge in [0.2, 0.25) is 0 Å². The predicted molar refractivity (Wildman–Crippen MR) is 76.1 cm³/mol. The molecule has 2 aliphatic heterocycles. The Balaban J connectivity index is 2.05. The Kier molecular flexibility index (Phi) is 3.27. The number of nitrogens with two attached hydrogens (primary N) is 1. The first-order chi connectivity index (χ1) is 9.20. The molecule has 4 heteroatoms. The lowest BCUT2D eigenvalue weighted by atomic mass is 9.91. The summed E-state index contributed by atoms with van der Waals surface area (Å²) in [6, 6.07) is 1.88. The number of hydrogen-bond donors (Lipinski definition) is 2. The summed E-state index contributed by atoms with van der Waals surface area (Å²) in [5, 5.41) is 10.2. The third-order valence-corrected chi connectivity index (χ3v) is 4.35. The maximum Gasteiger partial charge on any atom is 0.166 e. The monoisotopic (exact) mass is 262 g/mol. The summed E-state index contributed by atoms with van der Waals surface area (Å²) in [4.78, 5) is 2.28. The fraction of sp³-hybridized carbons (Fsp3) is 0.600. The molecule has 0 amide bonds. The van der Waals surface area contributed by atoms with E-state index in [4.69, 9.17) is 10.5 Å². The second kappa shape index (κ2) is 4.93. The van der Waals surface area contributed by atoms with Gasteiger partial charge in [0, 0.05) is 24.8 Å². The van der Waals surface area contributed by atoms with Crippen molar-refractivity contribution in [2.45, 2.75) is 25.7 Å². The maximum absolute atomic E-state index is 10.2. The summed E-state index contributed by atoms with van der Waals surface area (Å²) in [5.41, 5.74) is 9.41. The van der Waals surface area contributed by atoms with Gasteiger partial charge in [-0.3, -0.25) is 0 Å². The van der Waals surface area contributed by atoms with Gasteiger partial charge in [-0.05, 0) is 49.8 Å². The van der Waals surface area contributed by atoms with Crippen molar-refractivity contribution in [3.8, 4) is 11.5 Å². The van der Waals surface area contributed by atoms with Gasteiger partial charge in [0.25, 0.3) is 0 Å². The molecule has 0 bridgehead atoms. The maximum atomic E-state index is 10.2. The van der Waals surface area contributed by atoms with Crippen LogP contribution in [0.3, 0.4) is 0 Å². The topological polar surface area (TPSA) is 58.7 Å². The molecule has 3 N–H and O–H groups in total. The Labute approximate surface area is 114 Å². The van der Waals surface area contributed by atoms with Crippen molar-refractivity contribution in [2.24, 2.45) is 11.7 Å². The molecular weight excluding hydrogens is 240 g/mol. The summed E-state index contributed by atoms with van der Waals surface area (Å²) >= 11 is 0. The summed E-state index contributed by atoms with van der Waals surface area (Å²) in [6.07, 6.45) is 4.02. The molecule has 0 radical (unpaired) electrons. The van der Waals surface area contributed by atoms with E-state index in [1.807, 2.05) is 6.07 Å². The van der Waals surface area contributed by atoms with Crippen LogP contribution in [0.25, 0.3) is 0 Å². The molecule has 0 aromatic heterocycles. The van der Waals surface area contributed by atoms with Crippen LogP contribution < -0.4 is 15.4 Å². The number of ether oxygens (including phenoxy) is 1. The van der Waals surface area contributed by atoms with Crippen molar-refractivity contribution in [3.05, 3.63) is 17.2 Å². The fourth-order valence-electron chi connectivity index (χ4n) is 3.37. The van der Waals surface area contributed by atoms with Crippen LogP contribution in [0, 0.1) is 5.92 Å². The molecule has 0 saturated heterocycles. The van der Waals surface area contributed by atoms with E-state index in [2.05, 4.69) is 11.9 Å². The van der Waals surface area contributed by atoms with Crippen molar-refractivity contribution >= 4 is 5.69 Å². The number of fused-ring (bicyclic) bond motifs is 3. The minimum Gasteiger partial charge on any atom is -0.504 e. The largest absolute Gasteiger partial charge is 0.504 e. The third kappa shape index (κ3) is 2.14. The summed E-state index contributed by atoms with van der Waals surface area (Å²) in [7, 11) is 2.12. The van der Waals surface area contributed by atoms with Crippen LogP contribution in [0.4, 0.5) is 5.69 Å². The first-order valence-corrected chi connectivity index (χ1v) is 7.12. The van der Waals surface area contributed by atoms with Crippen LogP contribution >= 0.6 is 0 Å². The molecular formula is C15H22N2O2.